The molecule has 3 N–H and O–H groups in total. The Hall–Kier alpha value is -1.92. The Bertz CT molecular complexity index is 566. The van der Waals surface area contributed by atoms with Crippen LogP contribution >= 0.6 is 11.3 Å². The topological polar surface area (TPSA) is 74.2 Å². The number of hydrogen-bond acceptors (Lipinski definition) is 5. The second kappa shape index (κ2) is 7.02. The summed E-state index contributed by atoms with van der Waals surface area (Å²) in [5.74, 6) is -0.101. The van der Waals surface area contributed by atoms with Gasteiger partial charge in [-0.15, -0.1) is 0 Å². The Kier molecular flexibility index (Phi) is 5.09. The van der Waals surface area contributed by atoms with Crippen molar-refractivity contribution >= 4 is 22.4 Å². The minimum absolute atomic E-state index is 0.0518. The predicted octanol–water partition coefficient (Wildman–Crippen LogP) is 1.65. The number of rotatable bonds is 6. The zero-order valence-electron chi connectivity index (χ0n) is 11.2. The van der Waals surface area contributed by atoms with Gasteiger partial charge in [-0.25, -0.2) is 4.98 Å². The molecule has 0 fully saturated rings. The number of nitrogens with one attached hydrogen (secondary N) is 2. The highest BCUT2D eigenvalue weighted by molar-refractivity contribution is 7.17. The number of aliphatic hydroxyl groups excluding tert-OH is 1. The molecular weight excluding hydrogens is 274 g/mol. The molecule has 0 aliphatic carbocycles. The number of carbonyl (C=O) groups is 1. The lowest BCUT2D eigenvalue weighted by Gasteiger charge is -2.04. The van der Waals surface area contributed by atoms with Crippen LogP contribution in [0.15, 0.2) is 30.5 Å². The Morgan fingerprint density at radius 3 is 2.60 bits per heavy atom. The van der Waals surface area contributed by atoms with Crippen LogP contribution in [0.2, 0.25) is 0 Å². The van der Waals surface area contributed by atoms with Crippen molar-refractivity contribution in [3.8, 4) is 0 Å². The molecule has 0 radical (unpaired) electrons. The fourth-order valence-electron chi connectivity index (χ4n) is 1.71. The Morgan fingerprint density at radius 1 is 1.30 bits per heavy atom. The van der Waals surface area contributed by atoms with E-state index in [-0.39, 0.29) is 12.5 Å². The van der Waals surface area contributed by atoms with Crippen LogP contribution < -0.4 is 10.6 Å². The van der Waals surface area contributed by atoms with E-state index in [0.29, 0.717) is 11.4 Å². The number of anilines is 1. The maximum Gasteiger partial charge on any atom is 0.263 e. The van der Waals surface area contributed by atoms with Gasteiger partial charge in [-0.1, -0.05) is 35.6 Å². The van der Waals surface area contributed by atoms with E-state index in [1.165, 1.54) is 11.3 Å². The lowest BCUT2D eigenvalue weighted by atomic mass is 10.1. The van der Waals surface area contributed by atoms with Gasteiger partial charge in [0.05, 0.1) is 12.8 Å². The van der Waals surface area contributed by atoms with Crippen LogP contribution in [0.4, 0.5) is 5.13 Å². The summed E-state index contributed by atoms with van der Waals surface area (Å²) in [6.07, 6.45) is 2.33. The van der Waals surface area contributed by atoms with Gasteiger partial charge in [0.15, 0.2) is 5.13 Å². The number of benzene rings is 1. The van der Waals surface area contributed by atoms with Crippen LogP contribution in [0, 0.1) is 0 Å². The van der Waals surface area contributed by atoms with E-state index >= 15 is 0 Å². The van der Waals surface area contributed by atoms with Crippen molar-refractivity contribution in [2.45, 2.75) is 13.0 Å². The van der Waals surface area contributed by atoms with E-state index < -0.39 is 0 Å². The number of carbonyl (C=O) groups excluding carboxylic acids is 1. The highest BCUT2D eigenvalue weighted by Gasteiger charge is 2.09. The van der Waals surface area contributed by atoms with Crippen LogP contribution in [-0.2, 0) is 13.0 Å². The molecule has 0 atom stereocenters. The molecule has 106 valence electrons. The van der Waals surface area contributed by atoms with Crippen molar-refractivity contribution in [2.75, 3.05) is 18.9 Å². The lowest BCUT2D eigenvalue weighted by Crippen LogP contribution is -2.24. The van der Waals surface area contributed by atoms with Gasteiger partial charge in [-0.2, -0.15) is 0 Å². The molecular formula is C14H17N3O2S. The molecule has 1 aromatic heterocycles. The van der Waals surface area contributed by atoms with E-state index in [9.17, 15) is 4.79 Å². The maximum atomic E-state index is 11.9. The molecule has 0 saturated heterocycles. The summed E-state index contributed by atoms with van der Waals surface area (Å²) in [7, 11) is 1.77. The highest BCUT2D eigenvalue weighted by atomic mass is 32.1. The van der Waals surface area contributed by atoms with Crippen LogP contribution in [0.25, 0.3) is 0 Å². The molecule has 1 aromatic carbocycles. The SMILES string of the molecule is CNc1ncc(C(=O)NCCc2ccc(CO)cc2)s1. The van der Waals surface area contributed by atoms with Crippen molar-refractivity contribution in [3.63, 3.8) is 0 Å². The largest absolute Gasteiger partial charge is 0.392 e. The molecule has 1 amide bonds. The van der Waals surface area contributed by atoms with Gasteiger partial charge in [0, 0.05) is 13.6 Å². The maximum absolute atomic E-state index is 11.9. The molecule has 5 nitrogen and oxygen atoms in total. The van der Waals surface area contributed by atoms with E-state index in [1.54, 1.807) is 13.2 Å². The third kappa shape index (κ3) is 3.79. The van der Waals surface area contributed by atoms with Crippen molar-refractivity contribution in [3.05, 3.63) is 46.5 Å². The van der Waals surface area contributed by atoms with E-state index in [2.05, 4.69) is 15.6 Å². The van der Waals surface area contributed by atoms with Crippen molar-refractivity contribution < 1.29 is 9.90 Å². The van der Waals surface area contributed by atoms with Crippen LogP contribution in [0.3, 0.4) is 0 Å². The van der Waals surface area contributed by atoms with E-state index in [0.717, 1.165) is 22.7 Å². The zero-order chi connectivity index (χ0) is 14.4. The van der Waals surface area contributed by atoms with Gasteiger partial charge in [0.25, 0.3) is 5.91 Å². The molecule has 20 heavy (non-hydrogen) atoms. The highest BCUT2D eigenvalue weighted by Crippen LogP contribution is 2.16. The number of thiazole rings is 1. The second-order valence-corrected chi connectivity index (χ2v) is 5.29. The zero-order valence-corrected chi connectivity index (χ0v) is 12.0. The molecule has 0 bridgehead atoms. The fourth-order valence-corrected chi connectivity index (χ4v) is 2.40. The monoisotopic (exact) mass is 291 g/mol. The third-order valence-corrected chi connectivity index (χ3v) is 3.86. The summed E-state index contributed by atoms with van der Waals surface area (Å²) < 4.78 is 0. The summed E-state index contributed by atoms with van der Waals surface area (Å²) in [4.78, 5) is 16.5. The summed E-state index contributed by atoms with van der Waals surface area (Å²) in [6, 6.07) is 7.70. The van der Waals surface area contributed by atoms with E-state index in [1.807, 2.05) is 24.3 Å². The smallest absolute Gasteiger partial charge is 0.263 e. The summed E-state index contributed by atoms with van der Waals surface area (Å²) >= 11 is 1.33. The predicted molar refractivity (Wildman–Crippen MR) is 80.1 cm³/mol. The van der Waals surface area contributed by atoms with Crippen LogP contribution in [-0.4, -0.2) is 29.6 Å². The molecule has 0 spiro atoms. The molecule has 0 aliphatic heterocycles. The minimum Gasteiger partial charge on any atom is -0.392 e. The molecule has 0 unspecified atom stereocenters. The number of hydrogen-bond donors (Lipinski definition) is 3. The van der Waals surface area contributed by atoms with Crippen molar-refractivity contribution in [2.24, 2.45) is 0 Å². The van der Waals surface area contributed by atoms with Gasteiger partial charge >= 0.3 is 0 Å². The molecule has 6 heteroatoms. The van der Waals surface area contributed by atoms with Gasteiger partial charge in [-0.05, 0) is 17.5 Å². The quantitative estimate of drug-likeness (QED) is 0.756. The Labute approximate surface area is 121 Å². The number of aliphatic hydroxyl groups is 1. The number of aromatic nitrogens is 1. The van der Waals surface area contributed by atoms with E-state index in [4.69, 9.17) is 5.11 Å². The first kappa shape index (κ1) is 14.5. The minimum atomic E-state index is -0.101. The first-order valence-electron chi connectivity index (χ1n) is 6.33. The summed E-state index contributed by atoms with van der Waals surface area (Å²) in [5, 5.41) is 15.5. The summed E-state index contributed by atoms with van der Waals surface area (Å²) in [5.41, 5.74) is 2.02. The molecule has 0 aliphatic rings. The average Bonchev–Trinajstić information content (AvgIpc) is 2.97. The Balaban J connectivity index is 1.81. The third-order valence-electron chi connectivity index (χ3n) is 2.85. The van der Waals surface area contributed by atoms with Crippen molar-refractivity contribution in [1.82, 2.24) is 10.3 Å². The summed E-state index contributed by atoms with van der Waals surface area (Å²) in [6.45, 7) is 0.625. The lowest BCUT2D eigenvalue weighted by molar-refractivity contribution is 0.0958. The molecule has 1 heterocycles. The molecule has 2 aromatic rings. The average molecular weight is 291 g/mol. The normalized spacial score (nSPS) is 10.3. The molecule has 0 saturated carbocycles. The molecule has 2 rings (SSSR count). The van der Waals surface area contributed by atoms with Gasteiger partial charge in [-0.3, -0.25) is 4.79 Å². The number of nitrogens with zero attached hydrogens (tertiary/aromatic N) is 1. The standard InChI is InChI=1S/C14H17N3O2S/c1-15-14-17-8-12(20-14)13(19)16-7-6-10-2-4-11(9-18)5-3-10/h2-5,8,18H,6-7,9H2,1H3,(H,15,17)(H,16,19). The van der Waals surface area contributed by atoms with Gasteiger partial charge in [0.1, 0.15) is 4.88 Å². The number of amides is 1. The van der Waals surface area contributed by atoms with Crippen LogP contribution in [0.5, 0.6) is 0 Å². The first-order chi connectivity index (χ1) is 9.72. The van der Waals surface area contributed by atoms with Gasteiger partial charge in [0.2, 0.25) is 0 Å². The van der Waals surface area contributed by atoms with Crippen LogP contribution in [0.1, 0.15) is 20.8 Å². The fraction of sp³-hybridized carbons (Fsp3) is 0.286. The first-order valence-corrected chi connectivity index (χ1v) is 7.15. The Morgan fingerprint density at radius 2 is 2.00 bits per heavy atom. The van der Waals surface area contributed by atoms with Crippen molar-refractivity contribution in [1.29, 1.82) is 0 Å². The van der Waals surface area contributed by atoms with Gasteiger partial charge < -0.3 is 15.7 Å². The second-order valence-electron chi connectivity index (χ2n) is 4.26.